The molecular formula is C11H20O3. The summed E-state index contributed by atoms with van der Waals surface area (Å²) >= 11 is 0. The van der Waals surface area contributed by atoms with E-state index in [1.165, 1.54) is 0 Å². The molecule has 1 rings (SSSR count). The summed E-state index contributed by atoms with van der Waals surface area (Å²) in [6.45, 7) is 5.94. The first-order valence-electron chi connectivity index (χ1n) is 5.48. The molecule has 1 aliphatic heterocycles. The molecule has 14 heavy (non-hydrogen) atoms. The monoisotopic (exact) mass is 200 g/mol. The number of aliphatic carboxylic acids is 1. The van der Waals surface area contributed by atoms with Crippen LogP contribution in [0.25, 0.3) is 0 Å². The van der Waals surface area contributed by atoms with E-state index in [2.05, 4.69) is 13.8 Å². The van der Waals surface area contributed by atoms with Gasteiger partial charge in [0, 0.05) is 5.92 Å². The third-order valence-electron chi connectivity index (χ3n) is 3.27. The van der Waals surface area contributed by atoms with E-state index in [1.807, 2.05) is 0 Å². The Balaban J connectivity index is 2.62. The minimum atomic E-state index is -0.700. The van der Waals surface area contributed by atoms with Crippen LogP contribution in [0.1, 0.15) is 40.0 Å². The fourth-order valence-electron chi connectivity index (χ4n) is 2.23. The zero-order valence-electron chi connectivity index (χ0n) is 9.19. The highest BCUT2D eigenvalue weighted by atomic mass is 16.5. The van der Waals surface area contributed by atoms with E-state index in [1.54, 1.807) is 6.92 Å². The lowest BCUT2D eigenvalue weighted by Gasteiger charge is -2.20. The molecular weight excluding hydrogens is 180 g/mol. The van der Waals surface area contributed by atoms with Gasteiger partial charge in [-0.05, 0) is 19.3 Å². The average molecular weight is 200 g/mol. The first-order chi connectivity index (χ1) is 6.60. The van der Waals surface area contributed by atoms with Crippen molar-refractivity contribution in [3.8, 4) is 0 Å². The van der Waals surface area contributed by atoms with Crippen molar-refractivity contribution < 1.29 is 14.6 Å². The van der Waals surface area contributed by atoms with E-state index >= 15 is 0 Å². The van der Waals surface area contributed by atoms with Crippen molar-refractivity contribution in [3.63, 3.8) is 0 Å². The van der Waals surface area contributed by atoms with Crippen LogP contribution in [0.15, 0.2) is 0 Å². The molecule has 1 aliphatic rings. The lowest BCUT2D eigenvalue weighted by Crippen LogP contribution is -2.27. The second kappa shape index (κ2) is 4.78. The minimum absolute atomic E-state index is 0.144. The Morgan fingerprint density at radius 2 is 2.14 bits per heavy atom. The summed E-state index contributed by atoms with van der Waals surface area (Å²) in [6.07, 6.45) is 3.22. The first-order valence-corrected chi connectivity index (χ1v) is 5.48. The molecule has 0 aromatic rings. The van der Waals surface area contributed by atoms with Gasteiger partial charge >= 0.3 is 5.97 Å². The number of ether oxygens (including phenoxy) is 1. The van der Waals surface area contributed by atoms with Crippen LogP contribution in [-0.2, 0) is 9.53 Å². The van der Waals surface area contributed by atoms with Crippen molar-refractivity contribution in [2.45, 2.75) is 52.2 Å². The molecule has 3 nitrogen and oxygen atoms in total. The second-order valence-electron chi connectivity index (χ2n) is 4.14. The Bertz CT molecular complexity index is 203. The predicted molar refractivity (Wildman–Crippen MR) is 54.1 cm³/mol. The van der Waals surface area contributed by atoms with E-state index in [0.717, 1.165) is 19.3 Å². The smallest absolute Gasteiger partial charge is 0.306 e. The standard InChI is InChI=1S/C11H20O3/c1-4-8-6-9(7(3)11(12)13)10(5-2)14-8/h7-10H,4-6H2,1-3H3,(H,12,13). The Hall–Kier alpha value is -0.570. The van der Waals surface area contributed by atoms with Gasteiger partial charge in [0.15, 0.2) is 0 Å². The van der Waals surface area contributed by atoms with Crippen LogP contribution in [-0.4, -0.2) is 23.3 Å². The molecule has 0 saturated carbocycles. The summed E-state index contributed by atoms with van der Waals surface area (Å²) in [6, 6.07) is 0. The van der Waals surface area contributed by atoms with Crippen molar-refractivity contribution in [1.29, 1.82) is 0 Å². The summed E-state index contributed by atoms with van der Waals surface area (Å²) < 4.78 is 5.78. The van der Waals surface area contributed by atoms with Crippen molar-refractivity contribution in [2.24, 2.45) is 11.8 Å². The molecule has 3 heteroatoms. The van der Waals surface area contributed by atoms with Gasteiger partial charge in [0.2, 0.25) is 0 Å². The van der Waals surface area contributed by atoms with Crippen molar-refractivity contribution >= 4 is 5.97 Å². The van der Waals surface area contributed by atoms with Crippen LogP contribution in [0.5, 0.6) is 0 Å². The lowest BCUT2D eigenvalue weighted by atomic mass is 9.85. The summed E-state index contributed by atoms with van der Waals surface area (Å²) in [4.78, 5) is 10.9. The Kier molecular flexibility index (Phi) is 3.93. The van der Waals surface area contributed by atoms with E-state index < -0.39 is 5.97 Å². The first kappa shape index (κ1) is 11.5. The highest BCUT2D eigenvalue weighted by Crippen LogP contribution is 2.35. The molecule has 0 aromatic heterocycles. The SMILES string of the molecule is CCC1CC(C(C)C(=O)O)C(CC)O1. The minimum Gasteiger partial charge on any atom is -0.481 e. The molecule has 4 unspecified atom stereocenters. The van der Waals surface area contributed by atoms with Crippen molar-refractivity contribution in [1.82, 2.24) is 0 Å². The lowest BCUT2D eigenvalue weighted by molar-refractivity contribution is -0.143. The van der Waals surface area contributed by atoms with Gasteiger partial charge in [-0.15, -0.1) is 0 Å². The predicted octanol–water partition coefficient (Wildman–Crippen LogP) is 2.30. The van der Waals surface area contributed by atoms with E-state index in [4.69, 9.17) is 9.84 Å². The maximum atomic E-state index is 10.9. The molecule has 0 spiro atoms. The largest absolute Gasteiger partial charge is 0.481 e. The molecule has 0 radical (unpaired) electrons. The molecule has 0 amide bonds. The van der Waals surface area contributed by atoms with Crippen molar-refractivity contribution in [2.75, 3.05) is 0 Å². The maximum Gasteiger partial charge on any atom is 0.306 e. The van der Waals surface area contributed by atoms with E-state index in [-0.39, 0.29) is 24.0 Å². The summed E-state index contributed by atoms with van der Waals surface area (Å²) in [5.74, 6) is -0.784. The van der Waals surface area contributed by atoms with Crippen LogP contribution in [0.3, 0.4) is 0 Å². The molecule has 0 aromatic carbocycles. The van der Waals surface area contributed by atoms with Gasteiger partial charge < -0.3 is 9.84 Å². The number of hydrogen-bond donors (Lipinski definition) is 1. The molecule has 4 atom stereocenters. The van der Waals surface area contributed by atoms with Crippen molar-refractivity contribution in [3.05, 3.63) is 0 Å². The van der Waals surface area contributed by atoms with Crippen LogP contribution in [0.2, 0.25) is 0 Å². The van der Waals surface area contributed by atoms with Gasteiger partial charge in [-0.25, -0.2) is 0 Å². The molecule has 0 bridgehead atoms. The third kappa shape index (κ3) is 2.27. The Labute approximate surface area is 85.5 Å². The highest BCUT2D eigenvalue weighted by Gasteiger charge is 2.38. The van der Waals surface area contributed by atoms with Gasteiger partial charge in [0.25, 0.3) is 0 Å². The summed E-state index contributed by atoms with van der Waals surface area (Å²) in [5.41, 5.74) is 0. The highest BCUT2D eigenvalue weighted by molar-refractivity contribution is 5.70. The van der Waals surface area contributed by atoms with E-state index in [9.17, 15) is 4.79 Å². The molecule has 82 valence electrons. The average Bonchev–Trinajstić information content (AvgIpc) is 2.59. The van der Waals surface area contributed by atoms with Crippen LogP contribution in [0.4, 0.5) is 0 Å². The third-order valence-corrected chi connectivity index (χ3v) is 3.27. The van der Waals surface area contributed by atoms with Crippen LogP contribution < -0.4 is 0 Å². The molecule has 1 N–H and O–H groups in total. The van der Waals surface area contributed by atoms with Gasteiger partial charge in [-0.3, -0.25) is 4.79 Å². The van der Waals surface area contributed by atoms with Gasteiger partial charge in [0.1, 0.15) is 0 Å². The maximum absolute atomic E-state index is 10.9. The normalized spacial score (nSPS) is 34.4. The topological polar surface area (TPSA) is 46.5 Å². The van der Waals surface area contributed by atoms with Gasteiger partial charge in [-0.2, -0.15) is 0 Å². The zero-order chi connectivity index (χ0) is 10.7. The summed E-state index contributed by atoms with van der Waals surface area (Å²) in [7, 11) is 0. The van der Waals surface area contributed by atoms with Gasteiger partial charge in [-0.1, -0.05) is 20.8 Å². The second-order valence-corrected chi connectivity index (χ2v) is 4.14. The molecule has 1 fully saturated rings. The number of hydrogen-bond acceptors (Lipinski definition) is 2. The Morgan fingerprint density at radius 1 is 1.50 bits per heavy atom. The fourth-order valence-corrected chi connectivity index (χ4v) is 2.23. The number of carbonyl (C=O) groups is 1. The number of carboxylic acid groups (broad SMARTS) is 1. The van der Waals surface area contributed by atoms with Crippen LogP contribution in [0, 0.1) is 11.8 Å². The Morgan fingerprint density at radius 3 is 2.57 bits per heavy atom. The molecule has 1 saturated heterocycles. The number of rotatable bonds is 4. The van der Waals surface area contributed by atoms with Crippen LogP contribution >= 0.6 is 0 Å². The molecule has 1 heterocycles. The van der Waals surface area contributed by atoms with Gasteiger partial charge in [0.05, 0.1) is 18.1 Å². The quantitative estimate of drug-likeness (QED) is 0.757. The zero-order valence-corrected chi connectivity index (χ0v) is 9.19. The van der Waals surface area contributed by atoms with E-state index in [0.29, 0.717) is 0 Å². The summed E-state index contributed by atoms with van der Waals surface area (Å²) in [5, 5.41) is 8.96. The number of carboxylic acids is 1. The fraction of sp³-hybridized carbons (Fsp3) is 0.909. The molecule has 0 aliphatic carbocycles.